The number of carbonyl (C=O) groups is 1. The van der Waals surface area contributed by atoms with Crippen molar-refractivity contribution in [2.75, 3.05) is 19.6 Å². The largest absolute Gasteiger partial charge is 0.389 e. The van der Waals surface area contributed by atoms with Gasteiger partial charge >= 0.3 is 0 Å². The summed E-state index contributed by atoms with van der Waals surface area (Å²) in [6, 6.07) is 5.62. The molecular formula is C14H18N2O4. The summed E-state index contributed by atoms with van der Waals surface area (Å²) in [5.74, 6) is -0.0856. The average molecular weight is 278 g/mol. The molecule has 2 rings (SSSR count). The summed E-state index contributed by atoms with van der Waals surface area (Å²) in [5, 5.41) is 20.6. The molecule has 6 heteroatoms. The number of aliphatic hydroxyl groups is 1. The fourth-order valence-electron chi connectivity index (χ4n) is 2.52. The number of piperidine rings is 1. The van der Waals surface area contributed by atoms with Crippen molar-refractivity contribution in [3.8, 4) is 0 Å². The molecule has 20 heavy (non-hydrogen) atoms. The Kier molecular flexibility index (Phi) is 4.15. The molecule has 0 aromatic heterocycles. The monoisotopic (exact) mass is 278 g/mol. The van der Waals surface area contributed by atoms with Crippen LogP contribution in [0.5, 0.6) is 0 Å². The van der Waals surface area contributed by atoms with Gasteiger partial charge in [0.2, 0.25) is 0 Å². The Bertz CT molecular complexity index is 510. The number of benzene rings is 1. The van der Waals surface area contributed by atoms with Crippen molar-refractivity contribution in [2.24, 2.45) is 0 Å². The van der Waals surface area contributed by atoms with E-state index in [2.05, 4.69) is 0 Å². The van der Waals surface area contributed by atoms with Crippen molar-refractivity contribution < 1.29 is 14.8 Å². The predicted molar refractivity (Wildman–Crippen MR) is 73.7 cm³/mol. The average Bonchev–Trinajstić information content (AvgIpc) is 2.37. The summed E-state index contributed by atoms with van der Waals surface area (Å²) in [4.78, 5) is 24.1. The van der Waals surface area contributed by atoms with Gasteiger partial charge in [-0.05, 0) is 38.4 Å². The van der Waals surface area contributed by atoms with Crippen LogP contribution in [0.2, 0.25) is 0 Å². The fourth-order valence-corrected chi connectivity index (χ4v) is 2.52. The maximum absolute atomic E-state index is 12.1. The molecule has 1 aliphatic heterocycles. The highest BCUT2D eigenvalue weighted by atomic mass is 16.6. The standard InChI is InChI=1S/C14H18N2O4/c1-14(18)7-2-8-15(10-14)9-13(17)11-3-5-12(6-4-11)16(19)20/h3-6,18H,2,7-10H2,1H3. The van der Waals surface area contributed by atoms with Crippen molar-refractivity contribution >= 4 is 11.5 Å². The molecule has 108 valence electrons. The van der Waals surface area contributed by atoms with Crippen LogP contribution in [0.25, 0.3) is 0 Å². The van der Waals surface area contributed by atoms with Crippen molar-refractivity contribution in [3.63, 3.8) is 0 Å². The molecule has 1 unspecified atom stereocenters. The topological polar surface area (TPSA) is 83.7 Å². The van der Waals surface area contributed by atoms with Gasteiger partial charge < -0.3 is 5.11 Å². The van der Waals surface area contributed by atoms with E-state index in [9.17, 15) is 20.0 Å². The number of non-ortho nitro benzene ring substituents is 1. The van der Waals surface area contributed by atoms with Gasteiger partial charge in [-0.2, -0.15) is 0 Å². The highest BCUT2D eigenvalue weighted by Gasteiger charge is 2.29. The molecule has 1 aliphatic rings. The minimum atomic E-state index is -0.742. The summed E-state index contributed by atoms with van der Waals surface area (Å²) in [5.41, 5.74) is -0.308. The van der Waals surface area contributed by atoms with Gasteiger partial charge in [0.1, 0.15) is 0 Å². The molecule has 0 aliphatic carbocycles. The third kappa shape index (κ3) is 3.61. The van der Waals surface area contributed by atoms with Gasteiger partial charge in [-0.25, -0.2) is 0 Å². The van der Waals surface area contributed by atoms with Gasteiger partial charge in [0.15, 0.2) is 5.78 Å². The fraction of sp³-hybridized carbons (Fsp3) is 0.500. The number of likely N-dealkylation sites (tertiary alicyclic amines) is 1. The first-order chi connectivity index (χ1) is 9.37. The zero-order valence-electron chi connectivity index (χ0n) is 11.4. The number of β-amino-alcohol motifs (C(OH)–C–C–N with tert-alkyl or cyclic N) is 1. The highest BCUT2D eigenvalue weighted by Crippen LogP contribution is 2.20. The summed E-state index contributed by atoms with van der Waals surface area (Å²) >= 11 is 0. The lowest BCUT2D eigenvalue weighted by Gasteiger charge is -2.36. The Labute approximate surface area is 117 Å². The molecular weight excluding hydrogens is 260 g/mol. The first-order valence-electron chi connectivity index (χ1n) is 6.60. The summed E-state index contributed by atoms with van der Waals surface area (Å²) in [6.45, 7) is 3.27. The molecule has 1 aromatic carbocycles. The van der Waals surface area contributed by atoms with Crippen LogP contribution in [-0.2, 0) is 0 Å². The Hall–Kier alpha value is -1.79. The van der Waals surface area contributed by atoms with Crippen molar-refractivity contribution in [1.82, 2.24) is 4.90 Å². The van der Waals surface area contributed by atoms with E-state index in [1.165, 1.54) is 24.3 Å². The number of Topliss-reactive ketones (excluding diaryl/α,β-unsaturated/α-hetero) is 1. The summed E-state index contributed by atoms with van der Waals surface area (Å²) < 4.78 is 0. The number of nitro groups is 1. The molecule has 0 saturated carbocycles. The van der Waals surface area contributed by atoms with Crippen LogP contribution < -0.4 is 0 Å². The molecule has 1 aromatic rings. The van der Waals surface area contributed by atoms with Gasteiger partial charge in [0.05, 0.1) is 17.1 Å². The number of carbonyl (C=O) groups excluding carboxylic acids is 1. The molecule has 1 saturated heterocycles. The highest BCUT2D eigenvalue weighted by molar-refractivity contribution is 5.97. The predicted octanol–water partition coefficient (Wildman–Crippen LogP) is 1.62. The number of hydrogen-bond acceptors (Lipinski definition) is 5. The minimum absolute atomic E-state index is 0.0255. The van der Waals surface area contributed by atoms with E-state index in [4.69, 9.17) is 0 Å². The lowest BCUT2D eigenvalue weighted by molar-refractivity contribution is -0.384. The smallest absolute Gasteiger partial charge is 0.269 e. The normalized spacial score (nSPS) is 23.5. The third-order valence-electron chi connectivity index (χ3n) is 3.52. The molecule has 1 N–H and O–H groups in total. The molecule has 0 spiro atoms. The number of nitro benzene ring substituents is 1. The SMILES string of the molecule is CC1(O)CCCN(CC(=O)c2ccc([N+](=O)[O-])cc2)C1. The zero-order valence-corrected chi connectivity index (χ0v) is 11.4. The zero-order chi connectivity index (χ0) is 14.8. The Balaban J connectivity index is 1.99. The van der Waals surface area contributed by atoms with E-state index in [0.717, 1.165) is 19.4 Å². The molecule has 0 amide bonds. The van der Waals surface area contributed by atoms with E-state index >= 15 is 0 Å². The van der Waals surface area contributed by atoms with E-state index in [0.29, 0.717) is 12.1 Å². The summed E-state index contributed by atoms with van der Waals surface area (Å²) in [6.07, 6.45) is 1.61. The second kappa shape index (κ2) is 5.68. The molecule has 1 fully saturated rings. The first-order valence-corrected chi connectivity index (χ1v) is 6.60. The second-order valence-corrected chi connectivity index (χ2v) is 5.54. The number of ketones is 1. The van der Waals surface area contributed by atoms with Crippen LogP contribution in [-0.4, -0.2) is 45.9 Å². The Morgan fingerprint density at radius 3 is 2.65 bits per heavy atom. The lowest BCUT2D eigenvalue weighted by Crippen LogP contribution is -2.47. The minimum Gasteiger partial charge on any atom is -0.389 e. The molecule has 0 radical (unpaired) electrons. The Morgan fingerprint density at radius 2 is 2.10 bits per heavy atom. The maximum Gasteiger partial charge on any atom is 0.269 e. The lowest BCUT2D eigenvalue weighted by atomic mass is 9.95. The van der Waals surface area contributed by atoms with E-state index in [1.807, 2.05) is 4.90 Å². The Morgan fingerprint density at radius 1 is 1.45 bits per heavy atom. The summed E-state index contributed by atoms with van der Waals surface area (Å²) in [7, 11) is 0. The van der Waals surface area contributed by atoms with Gasteiger partial charge in [-0.1, -0.05) is 0 Å². The van der Waals surface area contributed by atoms with Crippen LogP contribution >= 0.6 is 0 Å². The van der Waals surface area contributed by atoms with E-state index < -0.39 is 10.5 Å². The molecule has 1 atom stereocenters. The molecule has 6 nitrogen and oxygen atoms in total. The second-order valence-electron chi connectivity index (χ2n) is 5.54. The van der Waals surface area contributed by atoms with Gasteiger partial charge in [0.25, 0.3) is 5.69 Å². The van der Waals surface area contributed by atoms with Crippen LogP contribution in [0.15, 0.2) is 24.3 Å². The van der Waals surface area contributed by atoms with Crippen LogP contribution in [0.1, 0.15) is 30.1 Å². The number of nitrogens with zero attached hydrogens (tertiary/aromatic N) is 2. The van der Waals surface area contributed by atoms with Crippen LogP contribution in [0.4, 0.5) is 5.69 Å². The van der Waals surface area contributed by atoms with Gasteiger partial charge in [0, 0.05) is 24.2 Å². The molecule has 0 bridgehead atoms. The van der Waals surface area contributed by atoms with Crippen molar-refractivity contribution in [1.29, 1.82) is 0 Å². The maximum atomic E-state index is 12.1. The van der Waals surface area contributed by atoms with Gasteiger partial charge in [-0.15, -0.1) is 0 Å². The van der Waals surface area contributed by atoms with Crippen LogP contribution in [0, 0.1) is 10.1 Å². The molecule has 1 heterocycles. The van der Waals surface area contributed by atoms with Crippen molar-refractivity contribution in [3.05, 3.63) is 39.9 Å². The number of rotatable bonds is 4. The number of hydrogen-bond donors (Lipinski definition) is 1. The van der Waals surface area contributed by atoms with Crippen LogP contribution in [0.3, 0.4) is 0 Å². The quantitative estimate of drug-likeness (QED) is 0.514. The van der Waals surface area contributed by atoms with E-state index in [1.54, 1.807) is 6.92 Å². The van der Waals surface area contributed by atoms with E-state index in [-0.39, 0.29) is 18.0 Å². The van der Waals surface area contributed by atoms with Crippen molar-refractivity contribution in [2.45, 2.75) is 25.4 Å². The third-order valence-corrected chi connectivity index (χ3v) is 3.52. The van der Waals surface area contributed by atoms with Gasteiger partial charge in [-0.3, -0.25) is 19.8 Å². The first kappa shape index (κ1) is 14.6.